The third-order valence-electron chi connectivity index (χ3n) is 3.57. The first-order valence-electron chi connectivity index (χ1n) is 6.61. The van der Waals surface area contributed by atoms with Gasteiger partial charge in [-0.25, -0.2) is 4.98 Å². The number of pyridine rings is 1. The molecule has 1 saturated heterocycles. The number of hydrogen-bond acceptors (Lipinski definition) is 2. The summed E-state index contributed by atoms with van der Waals surface area (Å²) in [6.07, 6.45) is 5.91. The Morgan fingerprint density at radius 3 is 2.83 bits per heavy atom. The van der Waals surface area contributed by atoms with E-state index < -0.39 is 5.95 Å². The predicted molar refractivity (Wildman–Crippen MR) is 67.7 cm³/mol. The molecule has 0 unspecified atom stereocenters. The van der Waals surface area contributed by atoms with Gasteiger partial charge in [-0.15, -0.1) is 0 Å². The maximum atomic E-state index is 13.0. The zero-order valence-corrected chi connectivity index (χ0v) is 10.7. The van der Waals surface area contributed by atoms with Gasteiger partial charge >= 0.3 is 0 Å². The maximum absolute atomic E-state index is 13.0. The Morgan fingerprint density at radius 1 is 1.50 bits per heavy atom. The predicted octanol–water partition coefficient (Wildman–Crippen LogP) is 2.87. The minimum Gasteiger partial charge on any atom is -0.339 e. The summed E-state index contributed by atoms with van der Waals surface area (Å²) in [5.41, 5.74) is 0.399. The van der Waals surface area contributed by atoms with Crippen molar-refractivity contribution in [1.29, 1.82) is 0 Å². The van der Waals surface area contributed by atoms with E-state index in [0.717, 1.165) is 31.8 Å². The zero-order chi connectivity index (χ0) is 13.0. The molecule has 1 aromatic heterocycles. The summed E-state index contributed by atoms with van der Waals surface area (Å²) >= 11 is 0. The van der Waals surface area contributed by atoms with Gasteiger partial charge in [0, 0.05) is 30.9 Å². The van der Waals surface area contributed by atoms with Gasteiger partial charge in [-0.3, -0.25) is 4.79 Å². The molecule has 0 atom stereocenters. The Morgan fingerprint density at radius 2 is 2.22 bits per heavy atom. The first-order chi connectivity index (χ1) is 8.70. The number of halogens is 1. The molecule has 0 spiro atoms. The second-order valence-corrected chi connectivity index (χ2v) is 4.89. The lowest BCUT2D eigenvalue weighted by atomic mass is 9.92. The van der Waals surface area contributed by atoms with Crippen molar-refractivity contribution in [3.63, 3.8) is 0 Å². The molecule has 4 heteroatoms. The molecular weight excluding hydrogens is 231 g/mol. The molecule has 1 aliphatic heterocycles. The minimum absolute atomic E-state index is 0.0775. The van der Waals surface area contributed by atoms with Crippen molar-refractivity contribution < 1.29 is 9.18 Å². The second kappa shape index (κ2) is 5.94. The highest BCUT2D eigenvalue weighted by Crippen LogP contribution is 2.22. The van der Waals surface area contributed by atoms with E-state index in [1.165, 1.54) is 25.1 Å². The topological polar surface area (TPSA) is 33.2 Å². The van der Waals surface area contributed by atoms with E-state index in [2.05, 4.69) is 11.9 Å². The van der Waals surface area contributed by atoms with Gasteiger partial charge in [-0.1, -0.05) is 19.8 Å². The Bertz CT molecular complexity index is 414. The quantitative estimate of drug-likeness (QED) is 0.773. The van der Waals surface area contributed by atoms with Crippen molar-refractivity contribution in [1.82, 2.24) is 9.88 Å². The lowest BCUT2D eigenvalue weighted by Gasteiger charge is -2.32. The highest BCUT2D eigenvalue weighted by Gasteiger charge is 2.23. The lowest BCUT2D eigenvalue weighted by Crippen LogP contribution is -2.38. The highest BCUT2D eigenvalue weighted by atomic mass is 19.1. The Labute approximate surface area is 107 Å². The van der Waals surface area contributed by atoms with Gasteiger partial charge in [0.25, 0.3) is 5.91 Å². The number of hydrogen-bond donors (Lipinski definition) is 0. The van der Waals surface area contributed by atoms with Crippen LogP contribution in [0.5, 0.6) is 0 Å². The molecule has 0 saturated carbocycles. The molecule has 18 heavy (non-hydrogen) atoms. The van der Waals surface area contributed by atoms with Crippen molar-refractivity contribution in [2.75, 3.05) is 13.1 Å². The van der Waals surface area contributed by atoms with E-state index in [4.69, 9.17) is 0 Å². The standard InChI is InChI=1S/C14H19FN2O/c1-2-3-11-5-8-17(9-6-11)14(18)12-4-7-16-13(15)10-12/h4,7,10-11H,2-3,5-6,8-9H2,1H3. The molecule has 0 N–H and O–H groups in total. The molecular formula is C14H19FN2O. The molecule has 1 fully saturated rings. The molecule has 1 aromatic rings. The van der Waals surface area contributed by atoms with Crippen molar-refractivity contribution in [2.45, 2.75) is 32.6 Å². The zero-order valence-electron chi connectivity index (χ0n) is 10.7. The first kappa shape index (κ1) is 13.0. The summed E-state index contributed by atoms with van der Waals surface area (Å²) in [5.74, 6) is 0.0705. The summed E-state index contributed by atoms with van der Waals surface area (Å²) in [6.45, 7) is 3.76. The van der Waals surface area contributed by atoms with E-state index >= 15 is 0 Å². The average molecular weight is 250 g/mol. The monoisotopic (exact) mass is 250 g/mol. The van der Waals surface area contributed by atoms with Crippen LogP contribution in [0.2, 0.25) is 0 Å². The second-order valence-electron chi connectivity index (χ2n) is 4.89. The lowest BCUT2D eigenvalue weighted by molar-refractivity contribution is 0.0686. The number of aromatic nitrogens is 1. The molecule has 0 aromatic carbocycles. The number of likely N-dealkylation sites (tertiary alicyclic amines) is 1. The van der Waals surface area contributed by atoms with Gasteiger partial charge in [0.05, 0.1) is 0 Å². The van der Waals surface area contributed by atoms with Crippen LogP contribution in [0.3, 0.4) is 0 Å². The van der Waals surface area contributed by atoms with Crippen LogP contribution in [-0.2, 0) is 0 Å². The van der Waals surface area contributed by atoms with E-state index in [9.17, 15) is 9.18 Å². The van der Waals surface area contributed by atoms with Crippen LogP contribution < -0.4 is 0 Å². The van der Waals surface area contributed by atoms with Crippen LogP contribution in [0, 0.1) is 11.9 Å². The number of amides is 1. The fourth-order valence-electron chi connectivity index (χ4n) is 2.55. The Hall–Kier alpha value is -1.45. The number of carbonyl (C=O) groups is 1. The van der Waals surface area contributed by atoms with Crippen LogP contribution in [0.1, 0.15) is 43.0 Å². The summed E-state index contributed by atoms with van der Waals surface area (Å²) in [7, 11) is 0. The molecule has 2 heterocycles. The normalized spacial score (nSPS) is 16.9. The van der Waals surface area contributed by atoms with Crippen LogP contribution in [0.15, 0.2) is 18.3 Å². The van der Waals surface area contributed by atoms with E-state index in [1.54, 1.807) is 6.07 Å². The van der Waals surface area contributed by atoms with Gasteiger partial charge in [0.15, 0.2) is 0 Å². The molecule has 98 valence electrons. The molecule has 0 radical (unpaired) electrons. The SMILES string of the molecule is CCCC1CCN(C(=O)c2ccnc(F)c2)CC1. The summed E-state index contributed by atoms with van der Waals surface area (Å²) in [4.78, 5) is 17.4. The molecule has 1 aliphatic rings. The van der Waals surface area contributed by atoms with Gasteiger partial charge in [-0.05, 0) is 24.8 Å². The number of carbonyl (C=O) groups excluding carboxylic acids is 1. The molecule has 3 nitrogen and oxygen atoms in total. The minimum atomic E-state index is -0.596. The third kappa shape index (κ3) is 3.06. The highest BCUT2D eigenvalue weighted by molar-refractivity contribution is 5.94. The molecule has 2 rings (SSSR count). The van der Waals surface area contributed by atoms with E-state index in [-0.39, 0.29) is 5.91 Å². The number of piperidine rings is 1. The Kier molecular flexibility index (Phi) is 4.28. The smallest absolute Gasteiger partial charge is 0.254 e. The van der Waals surface area contributed by atoms with Gasteiger partial charge in [0.2, 0.25) is 5.95 Å². The molecule has 1 amide bonds. The molecule has 0 aliphatic carbocycles. The summed E-state index contributed by atoms with van der Waals surface area (Å²) in [5, 5.41) is 0. The fraction of sp³-hybridized carbons (Fsp3) is 0.571. The van der Waals surface area contributed by atoms with Crippen LogP contribution >= 0.6 is 0 Å². The first-order valence-corrected chi connectivity index (χ1v) is 6.61. The van der Waals surface area contributed by atoms with Gasteiger partial charge < -0.3 is 4.90 Å². The average Bonchev–Trinajstić information content (AvgIpc) is 2.39. The molecule has 0 bridgehead atoms. The van der Waals surface area contributed by atoms with Crippen molar-refractivity contribution in [3.8, 4) is 0 Å². The van der Waals surface area contributed by atoms with E-state index in [1.807, 2.05) is 4.90 Å². The van der Waals surface area contributed by atoms with Crippen LogP contribution in [-0.4, -0.2) is 28.9 Å². The van der Waals surface area contributed by atoms with Crippen LogP contribution in [0.4, 0.5) is 4.39 Å². The van der Waals surface area contributed by atoms with Gasteiger partial charge in [-0.2, -0.15) is 4.39 Å². The fourth-order valence-corrected chi connectivity index (χ4v) is 2.55. The van der Waals surface area contributed by atoms with Crippen LogP contribution in [0.25, 0.3) is 0 Å². The summed E-state index contributed by atoms with van der Waals surface area (Å²) in [6, 6.07) is 2.78. The largest absolute Gasteiger partial charge is 0.339 e. The third-order valence-corrected chi connectivity index (χ3v) is 3.57. The summed E-state index contributed by atoms with van der Waals surface area (Å²) < 4.78 is 13.0. The van der Waals surface area contributed by atoms with Crippen molar-refractivity contribution in [3.05, 3.63) is 29.8 Å². The van der Waals surface area contributed by atoms with E-state index in [0.29, 0.717) is 5.56 Å². The number of nitrogens with zero attached hydrogens (tertiary/aromatic N) is 2. The maximum Gasteiger partial charge on any atom is 0.254 e. The Balaban J connectivity index is 1.95. The number of rotatable bonds is 3. The van der Waals surface area contributed by atoms with Crippen molar-refractivity contribution >= 4 is 5.91 Å². The van der Waals surface area contributed by atoms with Gasteiger partial charge in [0.1, 0.15) is 0 Å². The van der Waals surface area contributed by atoms with Crippen molar-refractivity contribution in [2.24, 2.45) is 5.92 Å².